The van der Waals surface area contributed by atoms with Gasteiger partial charge in [0.05, 0.1) is 12.5 Å². The van der Waals surface area contributed by atoms with Crippen LogP contribution in [-0.4, -0.2) is 56.7 Å². The SMILES string of the molecule is CCOC(=O)C1CCN(c2c(NCCCN3CCCCCC3)c(=O)c2=O)CC1. The highest BCUT2D eigenvalue weighted by molar-refractivity contribution is 5.76. The van der Waals surface area contributed by atoms with Gasteiger partial charge in [-0.3, -0.25) is 14.4 Å². The molecule has 1 aromatic carbocycles. The fourth-order valence-electron chi connectivity index (χ4n) is 4.32. The molecule has 1 N–H and O–H groups in total. The summed E-state index contributed by atoms with van der Waals surface area (Å²) in [6, 6.07) is 0. The Labute approximate surface area is 166 Å². The van der Waals surface area contributed by atoms with E-state index in [-0.39, 0.29) is 11.9 Å². The number of hydrogen-bond donors (Lipinski definition) is 1. The summed E-state index contributed by atoms with van der Waals surface area (Å²) in [6.07, 6.45) is 7.49. The summed E-state index contributed by atoms with van der Waals surface area (Å²) < 4.78 is 5.09. The van der Waals surface area contributed by atoms with Crippen LogP contribution in [0.2, 0.25) is 0 Å². The molecule has 2 saturated heterocycles. The number of hydrogen-bond acceptors (Lipinski definition) is 7. The zero-order chi connectivity index (χ0) is 19.9. The normalized spacial score (nSPS) is 19.5. The first-order chi connectivity index (χ1) is 13.6. The average Bonchev–Trinajstić information content (AvgIpc) is 2.99. The van der Waals surface area contributed by atoms with Gasteiger partial charge in [-0.05, 0) is 58.7 Å². The van der Waals surface area contributed by atoms with Gasteiger partial charge in [0, 0.05) is 19.6 Å². The van der Waals surface area contributed by atoms with Gasteiger partial charge in [-0.1, -0.05) is 12.8 Å². The summed E-state index contributed by atoms with van der Waals surface area (Å²) in [4.78, 5) is 40.5. The van der Waals surface area contributed by atoms with Gasteiger partial charge in [-0.2, -0.15) is 0 Å². The third-order valence-electron chi connectivity index (χ3n) is 5.97. The number of esters is 1. The van der Waals surface area contributed by atoms with E-state index in [1.54, 1.807) is 6.92 Å². The number of carbonyl (C=O) groups is 1. The molecule has 2 fully saturated rings. The minimum atomic E-state index is -0.405. The molecule has 0 saturated carbocycles. The van der Waals surface area contributed by atoms with Gasteiger partial charge < -0.3 is 19.9 Å². The molecule has 0 bridgehead atoms. The third kappa shape index (κ3) is 4.93. The maximum absolute atomic E-state index is 12.1. The second-order valence-corrected chi connectivity index (χ2v) is 7.93. The van der Waals surface area contributed by atoms with E-state index in [1.165, 1.54) is 38.8 Å². The maximum atomic E-state index is 12.1. The minimum absolute atomic E-state index is 0.104. The van der Waals surface area contributed by atoms with Crippen molar-refractivity contribution < 1.29 is 9.53 Å². The number of piperidine rings is 1. The topological polar surface area (TPSA) is 79.0 Å². The van der Waals surface area contributed by atoms with Crippen LogP contribution in [0, 0.1) is 5.92 Å². The van der Waals surface area contributed by atoms with Gasteiger partial charge >= 0.3 is 5.97 Å². The lowest BCUT2D eigenvalue weighted by Gasteiger charge is -2.34. The summed E-state index contributed by atoms with van der Waals surface area (Å²) in [5, 5.41) is 3.21. The number of carbonyl (C=O) groups excluding carboxylic acids is 1. The number of rotatable bonds is 8. The molecule has 0 spiro atoms. The predicted octanol–water partition coefficient (Wildman–Crippen LogP) is 1.74. The number of likely N-dealkylation sites (tertiary alicyclic amines) is 1. The van der Waals surface area contributed by atoms with Crippen molar-refractivity contribution in [2.24, 2.45) is 5.92 Å². The van der Waals surface area contributed by atoms with Gasteiger partial charge in [-0.25, -0.2) is 0 Å². The summed E-state index contributed by atoms with van der Waals surface area (Å²) >= 11 is 0. The van der Waals surface area contributed by atoms with E-state index in [0.29, 0.717) is 50.5 Å². The standard InChI is InChI=1S/C21H33N3O4/c1-2-28-21(27)16-8-14-24(15-9-16)18-17(19(25)20(18)26)22-10-7-13-23-11-5-3-4-6-12-23/h16,22H,2-15H2,1H3. The van der Waals surface area contributed by atoms with E-state index in [2.05, 4.69) is 10.2 Å². The highest BCUT2D eigenvalue weighted by Gasteiger charge is 2.31. The highest BCUT2D eigenvalue weighted by Crippen LogP contribution is 2.27. The second-order valence-electron chi connectivity index (χ2n) is 7.93. The van der Waals surface area contributed by atoms with Crippen LogP contribution in [0.5, 0.6) is 0 Å². The van der Waals surface area contributed by atoms with Crippen LogP contribution in [0.25, 0.3) is 0 Å². The van der Waals surface area contributed by atoms with Crippen molar-refractivity contribution in [2.75, 3.05) is 56.1 Å². The zero-order valence-corrected chi connectivity index (χ0v) is 17.0. The molecule has 156 valence electrons. The number of ether oxygens (including phenoxy) is 1. The Hall–Kier alpha value is -1.89. The lowest BCUT2D eigenvalue weighted by atomic mass is 9.96. The highest BCUT2D eigenvalue weighted by atomic mass is 16.5. The fraction of sp³-hybridized carbons (Fsp3) is 0.762. The Balaban J connectivity index is 1.47. The smallest absolute Gasteiger partial charge is 0.309 e. The van der Waals surface area contributed by atoms with Crippen LogP contribution in [0.4, 0.5) is 11.4 Å². The molecule has 0 aliphatic carbocycles. The van der Waals surface area contributed by atoms with Crippen LogP contribution in [0.3, 0.4) is 0 Å². The average molecular weight is 392 g/mol. The Morgan fingerprint density at radius 3 is 2.36 bits per heavy atom. The van der Waals surface area contributed by atoms with E-state index < -0.39 is 10.9 Å². The summed E-state index contributed by atoms with van der Waals surface area (Å²) in [6.45, 7) is 7.48. The first kappa shape index (κ1) is 20.8. The molecule has 2 heterocycles. The molecule has 7 heteroatoms. The monoisotopic (exact) mass is 391 g/mol. The first-order valence-electron chi connectivity index (χ1n) is 10.8. The van der Waals surface area contributed by atoms with Crippen molar-refractivity contribution >= 4 is 17.3 Å². The van der Waals surface area contributed by atoms with E-state index in [9.17, 15) is 14.4 Å². The molecule has 2 aliphatic rings. The van der Waals surface area contributed by atoms with Gasteiger partial charge in [0.15, 0.2) is 0 Å². The first-order valence-corrected chi connectivity index (χ1v) is 10.8. The second kappa shape index (κ2) is 10.0. The van der Waals surface area contributed by atoms with E-state index >= 15 is 0 Å². The molecular weight excluding hydrogens is 358 g/mol. The van der Waals surface area contributed by atoms with Gasteiger partial charge in [0.2, 0.25) is 0 Å². The zero-order valence-electron chi connectivity index (χ0n) is 17.0. The Bertz CT molecular complexity index is 710. The fourth-order valence-corrected chi connectivity index (χ4v) is 4.32. The van der Waals surface area contributed by atoms with Crippen LogP contribution in [0.15, 0.2) is 9.59 Å². The molecule has 0 radical (unpaired) electrons. The number of anilines is 2. The van der Waals surface area contributed by atoms with Crippen LogP contribution < -0.4 is 21.1 Å². The van der Waals surface area contributed by atoms with Crippen LogP contribution >= 0.6 is 0 Å². The molecule has 2 aliphatic heterocycles. The molecule has 1 aromatic rings. The predicted molar refractivity (Wildman–Crippen MR) is 111 cm³/mol. The van der Waals surface area contributed by atoms with Crippen molar-refractivity contribution in [1.29, 1.82) is 0 Å². The molecule has 3 rings (SSSR count). The Kier molecular flexibility index (Phi) is 7.48. The largest absolute Gasteiger partial charge is 0.466 e. The van der Waals surface area contributed by atoms with Crippen LogP contribution in [-0.2, 0) is 9.53 Å². The Morgan fingerprint density at radius 2 is 1.71 bits per heavy atom. The molecule has 0 unspecified atom stereocenters. The van der Waals surface area contributed by atoms with Crippen LogP contribution in [0.1, 0.15) is 51.9 Å². The molecule has 7 nitrogen and oxygen atoms in total. The van der Waals surface area contributed by atoms with E-state index in [0.717, 1.165) is 13.0 Å². The van der Waals surface area contributed by atoms with Crippen molar-refractivity contribution in [1.82, 2.24) is 4.90 Å². The number of nitrogens with one attached hydrogen (secondary N) is 1. The Morgan fingerprint density at radius 1 is 1.04 bits per heavy atom. The lowest BCUT2D eigenvalue weighted by Crippen LogP contribution is -2.46. The van der Waals surface area contributed by atoms with Crippen molar-refractivity contribution in [2.45, 2.75) is 51.9 Å². The molecular formula is C21H33N3O4. The third-order valence-corrected chi connectivity index (χ3v) is 5.97. The molecule has 28 heavy (non-hydrogen) atoms. The quantitative estimate of drug-likeness (QED) is 0.411. The summed E-state index contributed by atoms with van der Waals surface area (Å²) in [5.41, 5.74) is 0.180. The molecule has 0 amide bonds. The lowest BCUT2D eigenvalue weighted by molar-refractivity contribution is -0.148. The van der Waals surface area contributed by atoms with Crippen molar-refractivity contribution in [3.8, 4) is 0 Å². The molecule has 0 atom stereocenters. The van der Waals surface area contributed by atoms with Crippen molar-refractivity contribution in [3.05, 3.63) is 20.4 Å². The van der Waals surface area contributed by atoms with Gasteiger partial charge in [-0.15, -0.1) is 0 Å². The minimum Gasteiger partial charge on any atom is -0.466 e. The molecule has 0 aromatic heterocycles. The number of nitrogens with zero attached hydrogens (tertiary/aromatic N) is 2. The van der Waals surface area contributed by atoms with Crippen molar-refractivity contribution in [3.63, 3.8) is 0 Å². The van der Waals surface area contributed by atoms with Gasteiger partial charge in [0.25, 0.3) is 10.9 Å². The summed E-state index contributed by atoms with van der Waals surface area (Å²) in [5.74, 6) is -0.258. The van der Waals surface area contributed by atoms with E-state index in [4.69, 9.17) is 4.74 Å². The van der Waals surface area contributed by atoms with Gasteiger partial charge in [0.1, 0.15) is 11.4 Å². The van der Waals surface area contributed by atoms with E-state index in [1.807, 2.05) is 4.90 Å². The summed E-state index contributed by atoms with van der Waals surface area (Å²) in [7, 11) is 0. The maximum Gasteiger partial charge on any atom is 0.309 e.